The number of carbonyl (C=O) groups is 2. The number of sulfonamides is 1. The van der Waals surface area contributed by atoms with E-state index < -0.39 is 28.5 Å². The Morgan fingerprint density at radius 1 is 1.07 bits per heavy atom. The minimum absolute atomic E-state index is 0.0594. The molecular weight excluding hydrogens is 384 g/mol. The molecule has 0 aromatic heterocycles. The number of hydrogen-bond donors (Lipinski definition) is 2. The van der Waals surface area contributed by atoms with E-state index in [1.165, 1.54) is 31.2 Å². The van der Waals surface area contributed by atoms with Crippen LogP contribution in [-0.2, 0) is 19.6 Å². The van der Waals surface area contributed by atoms with Gasteiger partial charge in [-0.05, 0) is 48.9 Å². The number of amides is 1. The van der Waals surface area contributed by atoms with Crippen LogP contribution in [-0.4, -0.2) is 26.9 Å². The molecule has 0 fully saturated rings. The van der Waals surface area contributed by atoms with Gasteiger partial charge in [-0.15, -0.1) is 0 Å². The van der Waals surface area contributed by atoms with Gasteiger partial charge in [0.05, 0.1) is 17.5 Å². The second-order valence-electron chi connectivity index (χ2n) is 5.96. The predicted octanol–water partition coefficient (Wildman–Crippen LogP) is 1.20. The Bertz CT molecular complexity index is 924. The van der Waals surface area contributed by atoms with Gasteiger partial charge in [0.2, 0.25) is 15.9 Å². The van der Waals surface area contributed by atoms with E-state index in [2.05, 4.69) is 10.0 Å². The fourth-order valence-electron chi connectivity index (χ4n) is 2.53. The molecule has 2 aromatic carbocycles. The molecule has 8 nitrogen and oxygen atoms in total. The molecule has 9 heteroatoms. The molecular formula is C19H21N2O6S-. The summed E-state index contributed by atoms with van der Waals surface area (Å²) in [5, 5.41) is 13.7. The lowest BCUT2D eigenvalue weighted by Crippen LogP contribution is -2.34. The largest absolute Gasteiger partial charge is 0.550 e. The van der Waals surface area contributed by atoms with Gasteiger partial charge >= 0.3 is 0 Å². The molecule has 0 unspecified atom stereocenters. The highest BCUT2D eigenvalue weighted by molar-refractivity contribution is 7.89. The monoisotopic (exact) mass is 405 g/mol. The predicted molar refractivity (Wildman–Crippen MR) is 101 cm³/mol. The summed E-state index contributed by atoms with van der Waals surface area (Å²) >= 11 is 0. The van der Waals surface area contributed by atoms with Crippen LogP contribution in [0.15, 0.2) is 53.4 Å². The lowest BCUT2D eigenvalue weighted by molar-refractivity contribution is -0.306. The maximum atomic E-state index is 12.7. The quantitative estimate of drug-likeness (QED) is 0.646. The first-order valence-electron chi connectivity index (χ1n) is 8.54. The number of carbonyl (C=O) groups excluding carboxylic acids is 2. The smallest absolute Gasteiger partial charge is 0.241 e. The van der Waals surface area contributed by atoms with Crippen LogP contribution in [0.1, 0.15) is 31.9 Å². The Balaban J connectivity index is 2.24. The second-order valence-corrected chi connectivity index (χ2v) is 7.67. The molecule has 0 aliphatic heterocycles. The van der Waals surface area contributed by atoms with Gasteiger partial charge < -0.3 is 20.0 Å². The van der Waals surface area contributed by atoms with Crippen LogP contribution in [0, 0.1) is 0 Å². The lowest BCUT2D eigenvalue weighted by Gasteiger charge is -2.20. The van der Waals surface area contributed by atoms with E-state index in [9.17, 15) is 23.1 Å². The SMILES string of the molecule is CCOc1ccc([C@@H](CC(=O)[O-])NS(=O)(=O)c2ccc(NC(C)=O)cc2)cc1. The van der Waals surface area contributed by atoms with Gasteiger partial charge in [-0.1, -0.05) is 12.1 Å². The van der Waals surface area contributed by atoms with Crippen LogP contribution >= 0.6 is 0 Å². The average Bonchev–Trinajstić information content (AvgIpc) is 2.61. The van der Waals surface area contributed by atoms with Gasteiger partial charge in [0.1, 0.15) is 5.75 Å². The topological polar surface area (TPSA) is 125 Å². The van der Waals surface area contributed by atoms with Crippen molar-refractivity contribution in [2.45, 2.75) is 31.2 Å². The first kappa shape index (κ1) is 21.4. The number of benzene rings is 2. The maximum absolute atomic E-state index is 12.7. The Kier molecular flexibility index (Phi) is 7.13. The fraction of sp³-hybridized carbons (Fsp3) is 0.263. The van der Waals surface area contributed by atoms with Crippen LogP contribution < -0.4 is 19.9 Å². The van der Waals surface area contributed by atoms with Crippen molar-refractivity contribution in [1.82, 2.24) is 4.72 Å². The molecule has 0 aliphatic carbocycles. The number of nitrogens with one attached hydrogen (secondary N) is 2. The van der Waals surface area contributed by atoms with E-state index in [0.717, 1.165) is 0 Å². The number of anilines is 1. The maximum Gasteiger partial charge on any atom is 0.241 e. The molecule has 150 valence electrons. The minimum Gasteiger partial charge on any atom is -0.550 e. The van der Waals surface area contributed by atoms with Crippen molar-refractivity contribution in [3.63, 3.8) is 0 Å². The molecule has 2 aromatic rings. The Labute approximate surface area is 163 Å². The minimum atomic E-state index is -4.00. The second kappa shape index (κ2) is 9.34. The highest BCUT2D eigenvalue weighted by Gasteiger charge is 2.22. The molecule has 2 rings (SSSR count). The molecule has 2 N–H and O–H groups in total. The first-order valence-corrected chi connectivity index (χ1v) is 10.0. The zero-order valence-corrected chi connectivity index (χ0v) is 16.3. The third-order valence-corrected chi connectivity index (χ3v) is 5.23. The van der Waals surface area contributed by atoms with Gasteiger partial charge in [0.15, 0.2) is 0 Å². The number of rotatable bonds is 9. The average molecular weight is 405 g/mol. The van der Waals surface area contributed by atoms with Crippen LogP contribution in [0.5, 0.6) is 5.75 Å². The number of carboxylic acid groups (broad SMARTS) is 1. The van der Waals surface area contributed by atoms with E-state index in [1.807, 2.05) is 6.92 Å². The molecule has 0 saturated carbocycles. The lowest BCUT2D eigenvalue weighted by atomic mass is 10.0. The van der Waals surface area contributed by atoms with E-state index in [4.69, 9.17) is 4.74 Å². The summed E-state index contributed by atoms with van der Waals surface area (Å²) < 4.78 is 33.1. The third-order valence-electron chi connectivity index (χ3n) is 3.75. The molecule has 0 radical (unpaired) electrons. The van der Waals surface area contributed by atoms with Crippen LogP contribution in [0.2, 0.25) is 0 Å². The van der Waals surface area contributed by atoms with Crippen molar-refractivity contribution >= 4 is 27.6 Å². The molecule has 0 saturated heterocycles. The summed E-state index contributed by atoms with van der Waals surface area (Å²) in [5.74, 6) is -1.07. The molecule has 1 atom stereocenters. The van der Waals surface area contributed by atoms with Gasteiger partial charge in [-0.2, -0.15) is 0 Å². The highest BCUT2D eigenvalue weighted by Crippen LogP contribution is 2.23. The van der Waals surface area contributed by atoms with E-state index in [0.29, 0.717) is 23.6 Å². The molecule has 1 amide bonds. The van der Waals surface area contributed by atoms with Crippen molar-refractivity contribution in [2.75, 3.05) is 11.9 Å². The Morgan fingerprint density at radius 2 is 1.68 bits per heavy atom. The van der Waals surface area contributed by atoms with Gasteiger partial charge in [-0.3, -0.25) is 4.79 Å². The summed E-state index contributed by atoms with van der Waals surface area (Å²) in [6, 6.07) is 11.0. The number of hydrogen-bond acceptors (Lipinski definition) is 6. The first-order chi connectivity index (χ1) is 13.2. The molecule has 0 heterocycles. The molecule has 28 heavy (non-hydrogen) atoms. The van der Waals surface area contributed by atoms with Crippen molar-refractivity contribution < 1.29 is 27.9 Å². The summed E-state index contributed by atoms with van der Waals surface area (Å²) in [6.45, 7) is 3.65. The summed E-state index contributed by atoms with van der Waals surface area (Å²) in [7, 11) is -4.00. The van der Waals surface area contributed by atoms with E-state index >= 15 is 0 Å². The normalized spacial score (nSPS) is 12.2. The highest BCUT2D eigenvalue weighted by atomic mass is 32.2. The van der Waals surface area contributed by atoms with Crippen molar-refractivity contribution in [3.8, 4) is 5.75 Å². The molecule has 0 bridgehead atoms. The van der Waals surface area contributed by atoms with Gasteiger partial charge in [0.25, 0.3) is 0 Å². The van der Waals surface area contributed by atoms with Crippen molar-refractivity contribution in [1.29, 1.82) is 0 Å². The van der Waals surface area contributed by atoms with Crippen molar-refractivity contribution in [2.24, 2.45) is 0 Å². The van der Waals surface area contributed by atoms with Crippen LogP contribution in [0.3, 0.4) is 0 Å². The summed E-state index contributed by atoms with van der Waals surface area (Å²) in [5.41, 5.74) is 0.912. The summed E-state index contributed by atoms with van der Waals surface area (Å²) in [4.78, 5) is 22.1. The van der Waals surface area contributed by atoms with E-state index in [1.54, 1.807) is 24.3 Å². The zero-order valence-electron chi connectivity index (χ0n) is 15.5. The van der Waals surface area contributed by atoms with Crippen LogP contribution in [0.4, 0.5) is 5.69 Å². The standard InChI is InChI=1S/C19H22N2O6S/c1-3-27-16-8-4-14(5-9-16)18(12-19(23)24)21-28(25,26)17-10-6-15(7-11-17)20-13(2)22/h4-11,18,21H,3,12H2,1-2H3,(H,20,22)(H,23,24)/p-1/t18-/m1/s1. The number of aliphatic carboxylic acids is 1. The van der Waals surface area contributed by atoms with Gasteiger partial charge in [-0.25, -0.2) is 13.1 Å². The Hall–Kier alpha value is -2.91. The number of ether oxygens (including phenoxy) is 1. The summed E-state index contributed by atoms with van der Waals surface area (Å²) in [6.07, 6.45) is -0.531. The van der Waals surface area contributed by atoms with E-state index in [-0.39, 0.29) is 10.8 Å². The molecule has 0 spiro atoms. The zero-order chi connectivity index (χ0) is 20.7. The van der Waals surface area contributed by atoms with Crippen molar-refractivity contribution in [3.05, 3.63) is 54.1 Å². The van der Waals surface area contributed by atoms with Crippen LogP contribution in [0.25, 0.3) is 0 Å². The third kappa shape index (κ3) is 6.07. The van der Waals surface area contributed by atoms with Gasteiger partial charge in [0, 0.05) is 25.0 Å². The number of carboxylic acids is 1. The fourth-order valence-corrected chi connectivity index (χ4v) is 3.76. The Morgan fingerprint density at radius 3 is 2.18 bits per heavy atom. The molecule has 0 aliphatic rings.